The molecular formula is C21H26N6O3S2. The molecule has 0 radical (unpaired) electrons. The Morgan fingerprint density at radius 2 is 2.00 bits per heavy atom. The van der Waals surface area contributed by atoms with Crippen LogP contribution in [0.15, 0.2) is 40.3 Å². The maximum atomic E-state index is 13.1. The number of aromatic nitrogens is 4. The van der Waals surface area contributed by atoms with Gasteiger partial charge in [0.25, 0.3) is 0 Å². The van der Waals surface area contributed by atoms with Crippen LogP contribution in [0.5, 0.6) is 0 Å². The van der Waals surface area contributed by atoms with Crippen LogP contribution in [0.1, 0.15) is 29.7 Å². The van der Waals surface area contributed by atoms with Crippen LogP contribution < -0.4 is 0 Å². The molecule has 0 amide bonds. The summed E-state index contributed by atoms with van der Waals surface area (Å²) in [6, 6.07) is 9.04. The zero-order valence-electron chi connectivity index (χ0n) is 18.3. The quantitative estimate of drug-likeness (QED) is 0.438. The first-order valence-corrected chi connectivity index (χ1v) is 12.3. The first-order valence-electron chi connectivity index (χ1n) is 10.4. The number of aromatic amines is 1. The van der Waals surface area contributed by atoms with Gasteiger partial charge in [-0.3, -0.25) is 5.10 Å². The van der Waals surface area contributed by atoms with Crippen molar-refractivity contribution in [2.45, 2.75) is 32.1 Å². The van der Waals surface area contributed by atoms with E-state index >= 15 is 0 Å². The molecule has 0 spiro atoms. The van der Waals surface area contributed by atoms with Crippen molar-refractivity contribution in [3.8, 4) is 5.69 Å². The van der Waals surface area contributed by atoms with Crippen molar-refractivity contribution in [2.75, 3.05) is 26.3 Å². The van der Waals surface area contributed by atoms with Crippen LogP contribution in [0.25, 0.3) is 5.69 Å². The van der Waals surface area contributed by atoms with Gasteiger partial charge in [0, 0.05) is 42.1 Å². The number of nitrogens with zero attached hydrogens (tertiary/aromatic N) is 5. The Hall–Kier alpha value is -2.60. The molecule has 170 valence electrons. The number of hydrogen-bond donors (Lipinski definition) is 1. The second kappa shape index (κ2) is 9.10. The molecule has 0 aliphatic carbocycles. The Morgan fingerprint density at radius 3 is 2.72 bits per heavy atom. The zero-order valence-corrected chi connectivity index (χ0v) is 19.9. The molecule has 1 fully saturated rings. The van der Waals surface area contributed by atoms with Crippen LogP contribution in [0, 0.1) is 18.6 Å². The number of benzene rings is 1. The molecule has 0 bridgehead atoms. The third-order valence-corrected chi connectivity index (χ3v) is 7.66. The molecule has 0 unspecified atom stereocenters. The van der Waals surface area contributed by atoms with E-state index < -0.39 is 10.0 Å². The second-order valence-corrected chi connectivity index (χ2v) is 9.86. The minimum absolute atomic E-state index is 0.275. The van der Waals surface area contributed by atoms with Crippen LogP contribution in [0.4, 0.5) is 0 Å². The molecule has 4 rings (SSSR count). The molecule has 11 heteroatoms. The SMILES string of the molecule is CCc1n[nH]c(=S)n1N=Cc1cc(C)n(-c2cccc(S(=O)(=O)N3CCOCC3)c2)c1C. The van der Waals surface area contributed by atoms with Gasteiger partial charge in [-0.05, 0) is 50.3 Å². The van der Waals surface area contributed by atoms with E-state index in [-0.39, 0.29) is 4.90 Å². The van der Waals surface area contributed by atoms with Gasteiger partial charge in [-0.15, -0.1) is 0 Å². The van der Waals surface area contributed by atoms with Crippen LogP contribution in [0.2, 0.25) is 0 Å². The number of rotatable bonds is 6. The van der Waals surface area contributed by atoms with E-state index in [9.17, 15) is 8.42 Å². The van der Waals surface area contributed by atoms with E-state index in [1.807, 2.05) is 37.5 Å². The van der Waals surface area contributed by atoms with E-state index in [1.54, 1.807) is 29.1 Å². The highest BCUT2D eigenvalue weighted by atomic mass is 32.2. The minimum atomic E-state index is -3.58. The van der Waals surface area contributed by atoms with Gasteiger partial charge in [0.1, 0.15) is 0 Å². The molecule has 1 aromatic carbocycles. The smallest absolute Gasteiger partial charge is 0.243 e. The minimum Gasteiger partial charge on any atom is -0.379 e. The maximum Gasteiger partial charge on any atom is 0.243 e. The van der Waals surface area contributed by atoms with Gasteiger partial charge in [-0.25, -0.2) is 8.42 Å². The fraction of sp³-hybridized carbons (Fsp3) is 0.381. The average molecular weight is 475 g/mol. The van der Waals surface area contributed by atoms with E-state index in [1.165, 1.54) is 4.31 Å². The summed E-state index contributed by atoms with van der Waals surface area (Å²) < 4.78 is 37.0. The molecule has 1 saturated heterocycles. The summed E-state index contributed by atoms with van der Waals surface area (Å²) in [4.78, 5) is 0.275. The third-order valence-electron chi connectivity index (χ3n) is 5.50. The lowest BCUT2D eigenvalue weighted by atomic mass is 10.2. The van der Waals surface area contributed by atoms with Crippen molar-refractivity contribution >= 4 is 28.5 Å². The van der Waals surface area contributed by atoms with Gasteiger partial charge in [-0.1, -0.05) is 13.0 Å². The summed E-state index contributed by atoms with van der Waals surface area (Å²) in [5.41, 5.74) is 3.61. The third kappa shape index (κ3) is 4.20. The van der Waals surface area contributed by atoms with Crippen molar-refractivity contribution in [3.05, 3.63) is 57.9 Å². The van der Waals surface area contributed by atoms with Crippen LogP contribution >= 0.6 is 12.2 Å². The lowest BCUT2D eigenvalue weighted by molar-refractivity contribution is 0.0730. The Kier molecular flexibility index (Phi) is 6.42. The van der Waals surface area contributed by atoms with Crippen molar-refractivity contribution in [1.82, 2.24) is 23.7 Å². The van der Waals surface area contributed by atoms with E-state index in [0.717, 1.165) is 28.5 Å². The number of hydrogen-bond acceptors (Lipinski definition) is 6. The Morgan fingerprint density at radius 1 is 1.25 bits per heavy atom. The molecule has 3 heterocycles. The molecular weight excluding hydrogens is 448 g/mol. The summed E-state index contributed by atoms with van der Waals surface area (Å²) in [5, 5.41) is 11.4. The first-order chi connectivity index (χ1) is 15.3. The normalized spacial score (nSPS) is 15.6. The van der Waals surface area contributed by atoms with Gasteiger partial charge < -0.3 is 9.30 Å². The number of morpholine rings is 1. The Bertz CT molecular complexity index is 1310. The largest absolute Gasteiger partial charge is 0.379 e. The average Bonchev–Trinajstić information content (AvgIpc) is 3.30. The van der Waals surface area contributed by atoms with Crippen molar-refractivity contribution < 1.29 is 13.2 Å². The van der Waals surface area contributed by atoms with Crippen molar-refractivity contribution in [1.29, 1.82) is 0 Å². The summed E-state index contributed by atoms with van der Waals surface area (Å²) in [5.74, 6) is 0.751. The van der Waals surface area contributed by atoms with Gasteiger partial charge in [0.15, 0.2) is 5.82 Å². The lowest BCUT2D eigenvalue weighted by Crippen LogP contribution is -2.40. The number of aryl methyl sites for hydroxylation is 2. The fourth-order valence-electron chi connectivity index (χ4n) is 3.83. The van der Waals surface area contributed by atoms with Crippen LogP contribution in [-0.4, -0.2) is 64.7 Å². The van der Waals surface area contributed by atoms with Crippen molar-refractivity contribution in [2.24, 2.45) is 5.10 Å². The van der Waals surface area contributed by atoms with Gasteiger partial charge >= 0.3 is 0 Å². The molecule has 3 aromatic rings. The number of sulfonamides is 1. The number of H-pyrrole nitrogens is 1. The summed E-state index contributed by atoms with van der Waals surface area (Å²) >= 11 is 5.26. The van der Waals surface area contributed by atoms with Gasteiger partial charge in [0.05, 0.1) is 24.3 Å². The standard InChI is InChI=1S/C21H26N6O3S2/c1-4-20-23-24-21(31)27(20)22-14-17-12-15(2)26(16(17)3)18-6-5-7-19(13-18)32(28,29)25-8-10-30-11-9-25/h5-7,12-14H,4,8-11H2,1-3H3,(H,24,31). The highest BCUT2D eigenvalue weighted by Gasteiger charge is 2.26. The molecule has 1 aliphatic rings. The van der Waals surface area contributed by atoms with Crippen molar-refractivity contribution in [3.63, 3.8) is 0 Å². The van der Waals surface area contributed by atoms with E-state index in [4.69, 9.17) is 17.0 Å². The predicted molar refractivity (Wildman–Crippen MR) is 125 cm³/mol. The molecule has 1 N–H and O–H groups in total. The summed E-state index contributed by atoms with van der Waals surface area (Å²) in [6.45, 7) is 7.51. The van der Waals surface area contributed by atoms with E-state index in [2.05, 4.69) is 15.3 Å². The highest BCUT2D eigenvalue weighted by molar-refractivity contribution is 7.89. The molecule has 0 atom stereocenters. The Labute approximate surface area is 192 Å². The summed E-state index contributed by atoms with van der Waals surface area (Å²) in [6.07, 6.45) is 2.45. The van der Waals surface area contributed by atoms with E-state index in [0.29, 0.717) is 37.5 Å². The number of ether oxygens (including phenoxy) is 1. The first kappa shape index (κ1) is 22.6. The molecule has 32 heavy (non-hydrogen) atoms. The fourth-order valence-corrected chi connectivity index (χ4v) is 5.47. The number of nitrogens with one attached hydrogen (secondary N) is 1. The predicted octanol–water partition coefficient (Wildman–Crippen LogP) is 2.81. The molecule has 2 aromatic heterocycles. The monoisotopic (exact) mass is 474 g/mol. The molecule has 0 saturated carbocycles. The van der Waals surface area contributed by atoms with Crippen LogP contribution in [0.3, 0.4) is 0 Å². The Balaban J connectivity index is 1.69. The van der Waals surface area contributed by atoms with Gasteiger partial charge in [0.2, 0.25) is 14.8 Å². The van der Waals surface area contributed by atoms with Crippen LogP contribution in [-0.2, 0) is 21.2 Å². The maximum absolute atomic E-state index is 13.1. The summed E-state index contributed by atoms with van der Waals surface area (Å²) in [7, 11) is -3.58. The van der Waals surface area contributed by atoms with Gasteiger partial charge in [-0.2, -0.15) is 19.2 Å². The highest BCUT2D eigenvalue weighted by Crippen LogP contribution is 2.24. The molecule has 9 nitrogen and oxygen atoms in total. The second-order valence-electron chi connectivity index (χ2n) is 7.53. The zero-order chi connectivity index (χ0) is 22.9. The topological polar surface area (TPSA) is 97.5 Å². The lowest BCUT2D eigenvalue weighted by Gasteiger charge is -2.26. The molecule has 1 aliphatic heterocycles.